The van der Waals surface area contributed by atoms with Crippen LogP contribution in [0.25, 0.3) is 0 Å². The van der Waals surface area contributed by atoms with Crippen molar-refractivity contribution < 1.29 is 175 Å². The van der Waals surface area contributed by atoms with Gasteiger partial charge in [-0.05, 0) is 0 Å². The van der Waals surface area contributed by atoms with Crippen molar-refractivity contribution in [2.45, 2.75) is 0 Å². The molecule has 0 aliphatic carbocycles. The molecule has 0 rings (SSSR count). The van der Waals surface area contributed by atoms with Crippen LogP contribution in [0.5, 0.6) is 0 Å². The summed E-state index contributed by atoms with van der Waals surface area (Å²) in [4.78, 5) is 0. The molecular formula is H36Na2O22S. The summed E-state index contributed by atoms with van der Waals surface area (Å²) in [5.74, 6) is 0. The Morgan fingerprint density at radius 2 is 0.320 bits per heavy atom. The van der Waals surface area contributed by atoms with E-state index in [-0.39, 0.29) is 158 Å². The van der Waals surface area contributed by atoms with Crippen LogP contribution in [0, 0.1) is 0 Å². The van der Waals surface area contributed by atoms with E-state index in [2.05, 4.69) is 0 Å². The van der Waals surface area contributed by atoms with Crippen LogP contribution in [0.1, 0.15) is 0 Å². The maximum absolute atomic E-state index is 8.52. The molecule has 0 heterocycles. The van der Waals surface area contributed by atoms with Gasteiger partial charge in [-0.25, -0.2) is 0 Å². The minimum atomic E-state index is -5.17. The molecular weight excluding hydrogens is 430 g/mol. The predicted molar refractivity (Wildman–Crippen MR) is 75.5 cm³/mol. The van der Waals surface area contributed by atoms with Crippen LogP contribution in [-0.2, 0) is 10.4 Å². The van der Waals surface area contributed by atoms with E-state index in [0.717, 1.165) is 0 Å². The van der Waals surface area contributed by atoms with Crippen LogP contribution in [0.4, 0.5) is 0 Å². The molecule has 25 heteroatoms. The molecule has 0 radical (unpaired) electrons. The fourth-order valence-electron chi connectivity index (χ4n) is 0. The Morgan fingerprint density at radius 1 is 0.320 bits per heavy atom. The number of hydrogen-bond acceptors (Lipinski definition) is 4. The summed E-state index contributed by atoms with van der Waals surface area (Å²) in [6, 6.07) is 0. The standard InChI is InChI=1S/2Na.H2O4S.18H2O/c;;1-5(2,3)4;;;;;;;;;;;;;;;;;;/h;;(H2,1,2,3,4);18*1H2/q2*+1;;;;;;;;;;;;;;;;;;;/p-2. The first-order valence-corrected chi connectivity index (χ1v) is 2.00. The summed E-state index contributed by atoms with van der Waals surface area (Å²) >= 11 is 0. The molecule has 0 saturated heterocycles. The zero-order valence-electron chi connectivity index (χ0n) is 13.0. The predicted octanol–water partition coefficient (Wildman–Crippen LogP) is -22.2. The second-order valence-electron chi connectivity index (χ2n) is 0.408. The van der Waals surface area contributed by atoms with Crippen LogP contribution in [-0.4, -0.2) is 116 Å². The van der Waals surface area contributed by atoms with Gasteiger partial charge in [0.05, 0.1) is 0 Å². The van der Waals surface area contributed by atoms with Crippen molar-refractivity contribution in [3.05, 3.63) is 0 Å². The summed E-state index contributed by atoms with van der Waals surface area (Å²) in [7, 11) is -5.17. The van der Waals surface area contributed by atoms with Gasteiger partial charge >= 0.3 is 59.1 Å². The smallest absolute Gasteiger partial charge is 0.759 e. The van der Waals surface area contributed by atoms with E-state index < -0.39 is 10.4 Å². The topological polar surface area (TPSA) is 647 Å². The van der Waals surface area contributed by atoms with Crippen molar-refractivity contribution in [3.63, 3.8) is 0 Å². The molecule has 0 aliphatic rings. The van der Waals surface area contributed by atoms with Crippen LogP contribution in [0.3, 0.4) is 0 Å². The summed E-state index contributed by atoms with van der Waals surface area (Å²) in [6.07, 6.45) is 0. The molecule has 0 aromatic heterocycles. The van der Waals surface area contributed by atoms with E-state index in [0.29, 0.717) is 0 Å². The summed E-state index contributed by atoms with van der Waals surface area (Å²) in [5.41, 5.74) is 0. The van der Waals surface area contributed by atoms with Gasteiger partial charge in [-0.2, -0.15) is 0 Å². The van der Waals surface area contributed by atoms with E-state index in [9.17, 15) is 0 Å². The Labute approximate surface area is 184 Å². The molecule has 0 bridgehead atoms. The Hall–Kier alpha value is 1.15. The van der Waals surface area contributed by atoms with E-state index in [1.807, 2.05) is 0 Å². The second-order valence-corrected chi connectivity index (χ2v) is 1.22. The van der Waals surface area contributed by atoms with Crippen LogP contribution in [0.15, 0.2) is 0 Å². The zero-order valence-corrected chi connectivity index (χ0v) is 17.9. The van der Waals surface area contributed by atoms with Gasteiger partial charge in [-0.3, -0.25) is 8.42 Å². The van der Waals surface area contributed by atoms with Gasteiger partial charge < -0.3 is 108 Å². The monoisotopic (exact) mass is 466 g/mol. The van der Waals surface area contributed by atoms with Gasteiger partial charge in [0.25, 0.3) is 0 Å². The van der Waals surface area contributed by atoms with Crippen molar-refractivity contribution in [1.82, 2.24) is 0 Å². The second kappa shape index (κ2) is 287. The van der Waals surface area contributed by atoms with Crippen molar-refractivity contribution in [2.75, 3.05) is 0 Å². The zero-order chi connectivity index (χ0) is 4.50. The first-order chi connectivity index (χ1) is 2.00. The summed E-state index contributed by atoms with van der Waals surface area (Å²) in [5, 5.41) is 0. The normalized spacial score (nSPS) is 2.32. The largest absolute Gasteiger partial charge is 1.00 e. The fraction of sp³-hybridized carbons (Fsp3) is 0. The number of rotatable bonds is 0. The Morgan fingerprint density at radius 3 is 0.320 bits per heavy atom. The van der Waals surface area contributed by atoms with Gasteiger partial charge in [-0.15, -0.1) is 0 Å². The van der Waals surface area contributed by atoms with Crippen LogP contribution >= 0.6 is 0 Å². The Balaban J connectivity index is -0.000000000421. The molecule has 22 nitrogen and oxygen atoms in total. The summed E-state index contributed by atoms with van der Waals surface area (Å²) in [6.45, 7) is 0. The first-order valence-electron chi connectivity index (χ1n) is 0.667. The molecule has 25 heavy (non-hydrogen) atoms. The fourth-order valence-corrected chi connectivity index (χ4v) is 0. The van der Waals surface area contributed by atoms with Gasteiger partial charge in [0.15, 0.2) is 0 Å². The van der Waals surface area contributed by atoms with E-state index in [1.54, 1.807) is 0 Å². The Bertz CT molecular complexity index is 99.2. The van der Waals surface area contributed by atoms with Gasteiger partial charge in [-0.1, -0.05) is 0 Å². The number of hydrogen-bond donors (Lipinski definition) is 0. The molecule has 176 valence electrons. The van der Waals surface area contributed by atoms with Crippen molar-refractivity contribution >= 4 is 10.4 Å². The minimum absolute atomic E-state index is 0. The maximum atomic E-state index is 8.52. The molecule has 36 N–H and O–H groups in total. The van der Waals surface area contributed by atoms with E-state index in [4.69, 9.17) is 17.5 Å². The molecule has 0 spiro atoms. The van der Waals surface area contributed by atoms with Crippen molar-refractivity contribution in [3.8, 4) is 0 Å². The molecule has 0 atom stereocenters. The third-order valence-corrected chi connectivity index (χ3v) is 0. The van der Waals surface area contributed by atoms with Crippen molar-refractivity contribution in [1.29, 1.82) is 0 Å². The average molecular weight is 466 g/mol. The molecule has 0 aromatic rings. The molecule has 0 unspecified atom stereocenters. The van der Waals surface area contributed by atoms with Crippen molar-refractivity contribution in [2.24, 2.45) is 0 Å². The van der Waals surface area contributed by atoms with Gasteiger partial charge in [0.1, 0.15) is 0 Å². The summed E-state index contributed by atoms with van der Waals surface area (Å²) < 4.78 is 34.1. The minimum Gasteiger partial charge on any atom is -0.759 e. The SMILES string of the molecule is O.O.O.O.O.O.O.O.O.O.O.O.O.O.O.O.O.O.O=S(=O)([O-])[O-].[Na+].[Na+]. The maximum Gasteiger partial charge on any atom is 1.00 e. The molecule has 0 aliphatic heterocycles. The van der Waals surface area contributed by atoms with E-state index >= 15 is 0 Å². The van der Waals surface area contributed by atoms with Gasteiger partial charge in [0, 0.05) is 10.4 Å². The average Bonchev–Trinajstić information content (AvgIpc) is 0.722. The van der Waals surface area contributed by atoms with Crippen LogP contribution < -0.4 is 59.1 Å². The molecule has 0 amide bonds. The third-order valence-electron chi connectivity index (χ3n) is 0. The molecule has 0 saturated carbocycles. The molecule has 0 aromatic carbocycles. The quantitative estimate of drug-likeness (QED) is 0.190. The van der Waals surface area contributed by atoms with Crippen LogP contribution in [0.2, 0.25) is 0 Å². The first kappa shape index (κ1) is 624. The third kappa shape index (κ3) is 10200. The molecule has 0 fully saturated rings. The van der Waals surface area contributed by atoms with Gasteiger partial charge in [0.2, 0.25) is 0 Å². The van der Waals surface area contributed by atoms with E-state index in [1.165, 1.54) is 0 Å². The Kier molecular flexibility index (Phi) is 7160.